The Morgan fingerprint density at radius 1 is 1.00 bits per heavy atom. The zero-order valence-corrected chi connectivity index (χ0v) is 28.1. The summed E-state index contributed by atoms with van der Waals surface area (Å²) in [6.07, 6.45) is 14.3. The smallest absolute Gasteiger partial charge is 0.311 e. The van der Waals surface area contributed by atoms with E-state index >= 15 is 0 Å². The second-order valence-corrected chi connectivity index (χ2v) is 15.2. The molecule has 254 valence electrons. The van der Waals surface area contributed by atoms with Gasteiger partial charge in [-0.3, -0.25) is 9.59 Å². The Labute approximate surface area is 280 Å². The molecule has 0 bridgehead atoms. The van der Waals surface area contributed by atoms with Crippen molar-refractivity contribution in [1.82, 2.24) is 0 Å². The minimum atomic E-state index is -0.541. The molecule has 3 saturated carbocycles. The molecule has 4 aliphatic carbocycles. The number of hydrogen-bond acceptors (Lipinski definition) is 6. The summed E-state index contributed by atoms with van der Waals surface area (Å²) in [6, 6.07) is 16.4. The molecule has 6 rings (SSSR count). The molecular formula is C41H54O6. The highest BCUT2D eigenvalue weighted by Gasteiger charge is 2.54. The van der Waals surface area contributed by atoms with Crippen molar-refractivity contribution in [2.24, 2.45) is 29.1 Å². The Kier molecular flexibility index (Phi) is 11.0. The lowest BCUT2D eigenvalue weighted by Gasteiger charge is -2.48. The number of hydrogen-bond donors (Lipinski definition) is 3. The van der Waals surface area contributed by atoms with Gasteiger partial charge in [0.25, 0.3) is 0 Å². The fraction of sp³-hybridized carbons (Fsp3) is 0.610. The van der Waals surface area contributed by atoms with E-state index in [-0.39, 0.29) is 23.2 Å². The molecule has 0 spiro atoms. The molecule has 0 heterocycles. The minimum absolute atomic E-state index is 0.0226. The maximum atomic E-state index is 12.7. The summed E-state index contributed by atoms with van der Waals surface area (Å²) in [5.74, 6) is 2.45. The van der Waals surface area contributed by atoms with Crippen LogP contribution in [-0.2, 0) is 22.4 Å². The van der Waals surface area contributed by atoms with E-state index in [1.165, 1.54) is 16.7 Å². The van der Waals surface area contributed by atoms with E-state index in [0.29, 0.717) is 74.2 Å². The van der Waals surface area contributed by atoms with Crippen LogP contribution in [0.25, 0.3) is 0 Å². The van der Waals surface area contributed by atoms with Crippen molar-refractivity contribution >= 4 is 11.8 Å². The van der Waals surface area contributed by atoms with Gasteiger partial charge in [-0.15, -0.1) is 0 Å². The molecule has 2 aromatic rings. The summed E-state index contributed by atoms with van der Waals surface area (Å²) >= 11 is 0. The van der Waals surface area contributed by atoms with Crippen molar-refractivity contribution in [2.45, 2.75) is 127 Å². The average Bonchev–Trinajstić information content (AvgIpc) is 3.53. The second-order valence-electron chi connectivity index (χ2n) is 15.2. The van der Waals surface area contributed by atoms with Crippen LogP contribution in [0.4, 0.5) is 0 Å². The molecule has 6 heteroatoms. The monoisotopic (exact) mass is 642 g/mol. The molecule has 3 N–H and O–H groups in total. The number of aliphatic hydroxyl groups excluding tert-OH is 3. The summed E-state index contributed by atoms with van der Waals surface area (Å²) in [4.78, 5) is 25.3. The fourth-order valence-corrected chi connectivity index (χ4v) is 9.72. The second kappa shape index (κ2) is 15.2. The van der Waals surface area contributed by atoms with Gasteiger partial charge in [0.05, 0.1) is 18.3 Å². The van der Waals surface area contributed by atoms with Gasteiger partial charge < -0.3 is 20.1 Å². The molecule has 47 heavy (non-hydrogen) atoms. The summed E-state index contributed by atoms with van der Waals surface area (Å²) in [6.45, 7) is 2.21. The number of ether oxygens (including phenoxy) is 1. The molecular weight excluding hydrogens is 588 g/mol. The Morgan fingerprint density at radius 2 is 1.81 bits per heavy atom. The van der Waals surface area contributed by atoms with Gasteiger partial charge >= 0.3 is 5.97 Å². The van der Waals surface area contributed by atoms with E-state index in [2.05, 4.69) is 43.3 Å². The van der Waals surface area contributed by atoms with Gasteiger partial charge in [-0.1, -0.05) is 55.5 Å². The van der Waals surface area contributed by atoms with Gasteiger partial charge in [0.15, 0.2) is 0 Å². The van der Waals surface area contributed by atoms with Crippen molar-refractivity contribution in [3.05, 3.63) is 77.4 Å². The SMILES string of the molecule is C[C@]12CC[C@@H]3c4ccc(OC(=O)CCC/C=C\C[C@@H]5[C@@H](CC[C@@H](O)CCc6ccccc6)[C@H](O)C[C@@H]5O)cc4CC[C@H]3[C@@H]1CCC2=O. The van der Waals surface area contributed by atoms with Crippen molar-refractivity contribution in [1.29, 1.82) is 0 Å². The average molecular weight is 643 g/mol. The summed E-state index contributed by atoms with van der Waals surface area (Å²) < 4.78 is 5.74. The van der Waals surface area contributed by atoms with Gasteiger partial charge in [-0.05, 0) is 142 Å². The number of Topliss-reactive ketones (excluding diaryl/α,β-unsaturated/α-hetero) is 1. The number of aliphatic hydroxyl groups is 3. The standard InChI is InChI=1S/C41H54O6/c1-41-24-23-32-31-20-17-30(25-28(31)14-18-33(32)36(41)21-22-39(41)45)47-40(46)12-8-3-2-7-11-34-35(38(44)26-37(34)43)19-16-29(42)15-13-27-9-5-4-6-10-27/h2,4-7,9-10,17,20,25,29,32-38,42-44H,3,8,11-16,18-19,21-24,26H2,1H3/b7-2-/t29-,32+,33+,34+,35+,36-,37-,38+,41-/m0/s1. The molecule has 0 amide bonds. The van der Waals surface area contributed by atoms with Gasteiger partial charge in [-0.25, -0.2) is 0 Å². The van der Waals surface area contributed by atoms with E-state index in [9.17, 15) is 24.9 Å². The van der Waals surface area contributed by atoms with E-state index < -0.39 is 18.3 Å². The van der Waals surface area contributed by atoms with Gasteiger partial charge in [0, 0.05) is 18.3 Å². The fourth-order valence-electron chi connectivity index (χ4n) is 9.72. The minimum Gasteiger partial charge on any atom is -0.427 e. The lowest BCUT2D eigenvalue weighted by atomic mass is 9.55. The summed E-state index contributed by atoms with van der Waals surface area (Å²) in [5, 5.41) is 31.8. The first-order valence-electron chi connectivity index (χ1n) is 18.3. The van der Waals surface area contributed by atoms with Gasteiger partial charge in [-0.2, -0.15) is 0 Å². The molecule has 0 aromatic heterocycles. The molecule has 6 nitrogen and oxygen atoms in total. The van der Waals surface area contributed by atoms with E-state index in [4.69, 9.17) is 4.74 Å². The topological polar surface area (TPSA) is 104 Å². The normalized spacial score (nSPS) is 32.2. The lowest BCUT2D eigenvalue weighted by Crippen LogP contribution is -2.42. The number of unbranched alkanes of at least 4 members (excludes halogenated alkanes) is 1. The Balaban J connectivity index is 0.910. The van der Waals surface area contributed by atoms with Crippen LogP contribution in [0.3, 0.4) is 0 Å². The number of carbonyl (C=O) groups excluding carboxylic acids is 2. The first-order valence-corrected chi connectivity index (χ1v) is 18.3. The van der Waals surface area contributed by atoms with Crippen LogP contribution in [0.5, 0.6) is 5.75 Å². The molecule has 3 fully saturated rings. The van der Waals surface area contributed by atoms with Crippen molar-refractivity contribution in [3.63, 3.8) is 0 Å². The highest BCUT2D eigenvalue weighted by Crippen LogP contribution is 2.59. The molecule has 9 atom stereocenters. The summed E-state index contributed by atoms with van der Waals surface area (Å²) in [5.41, 5.74) is 3.80. The van der Waals surface area contributed by atoms with Crippen molar-refractivity contribution in [3.8, 4) is 5.75 Å². The number of fused-ring (bicyclic) bond motifs is 5. The van der Waals surface area contributed by atoms with Crippen LogP contribution in [0.15, 0.2) is 60.7 Å². The van der Waals surface area contributed by atoms with Crippen molar-refractivity contribution in [2.75, 3.05) is 0 Å². The number of rotatable bonds is 13. The Bertz CT molecular complexity index is 1400. The first-order chi connectivity index (χ1) is 22.7. The zero-order valence-electron chi connectivity index (χ0n) is 28.1. The maximum Gasteiger partial charge on any atom is 0.311 e. The maximum absolute atomic E-state index is 12.7. The highest BCUT2D eigenvalue weighted by atomic mass is 16.5. The van der Waals surface area contributed by atoms with Crippen LogP contribution in [0, 0.1) is 29.1 Å². The largest absolute Gasteiger partial charge is 0.427 e. The Hall–Kier alpha value is -2.80. The van der Waals surface area contributed by atoms with Crippen LogP contribution >= 0.6 is 0 Å². The van der Waals surface area contributed by atoms with E-state index in [1.807, 2.05) is 24.3 Å². The van der Waals surface area contributed by atoms with Crippen LogP contribution in [-0.4, -0.2) is 45.4 Å². The van der Waals surface area contributed by atoms with Gasteiger partial charge in [0.2, 0.25) is 0 Å². The molecule has 0 aliphatic heterocycles. The number of ketones is 1. The molecule has 0 radical (unpaired) electrons. The third kappa shape index (κ3) is 7.76. The quantitative estimate of drug-likeness (QED) is 0.0920. The third-order valence-corrected chi connectivity index (χ3v) is 12.4. The summed E-state index contributed by atoms with van der Waals surface area (Å²) in [7, 11) is 0. The van der Waals surface area contributed by atoms with Gasteiger partial charge in [0.1, 0.15) is 11.5 Å². The molecule has 2 aromatic carbocycles. The zero-order chi connectivity index (χ0) is 33.0. The van der Waals surface area contributed by atoms with Crippen molar-refractivity contribution < 1.29 is 29.6 Å². The predicted molar refractivity (Wildman–Crippen MR) is 183 cm³/mol. The number of esters is 1. The first kappa shape index (κ1) is 34.1. The molecule has 0 unspecified atom stereocenters. The number of carbonyl (C=O) groups is 2. The highest BCUT2D eigenvalue weighted by molar-refractivity contribution is 5.87. The molecule has 0 saturated heterocycles. The number of aryl methyl sites for hydroxylation is 2. The van der Waals surface area contributed by atoms with Crippen LogP contribution in [0.2, 0.25) is 0 Å². The van der Waals surface area contributed by atoms with Crippen LogP contribution in [0.1, 0.15) is 113 Å². The lowest BCUT2D eigenvalue weighted by molar-refractivity contribution is -0.134. The molecule has 4 aliphatic rings. The van der Waals surface area contributed by atoms with E-state index in [0.717, 1.165) is 51.4 Å². The van der Waals surface area contributed by atoms with Crippen LogP contribution < -0.4 is 4.74 Å². The third-order valence-electron chi connectivity index (χ3n) is 12.4. The van der Waals surface area contributed by atoms with E-state index in [1.54, 1.807) is 0 Å². The number of benzene rings is 2. The predicted octanol–water partition coefficient (Wildman–Crippen LogP) is 7.27. The number of allylic oxidation sites excluding steroid dienone is 2. The Morgan fingerprint density at radius 3 is 2.64 bits per heavy atom.